The Morgan fingerprint density at radius 2 is 2.15 bits per heavy atom. The molecule has 0 aliphatic heterocycles. The number of guanidine groups is 1. The van der Waals surface area contributed by atoms with Crippen molar-refractivity contribution in [3.63, 3.8) is 0 Å². The van der Waals surface area contributed by atoms with Gasteiger partial charge in [0.1, 0.15) is 6.33 Å². The Balaban J connectivity index is 1.83. The Morgan fingerprint density at radius 1 is 1.31 bits per heavy atom. The van der Waals surface area contributed by atoms with Crippen molar-refractivity contribution in [3.05, 3.63) is 36.2 Å². The Labute approximate surface area is 155 Å². The van der Waals surface area contributed by atoms with E-state index in [1.807, 2.05) is 19.1 Å². The first-order chi connectivity index (χ1) is 12.6. The first-order valence-electron chi connectivity index (χ1n) is 9.14. The molecule has 2 rings (SSSR count). The van der Waals surface area contributed by atoms with Gasteiger partial charge in [-0.3, -0.25) is 10.1 Å². The number of benzene rings is 1. The average molecular weight is 358 g/mol. The molecular formula is C19H30N6O. The molecule has 26 heavy (non-hydrogen) atoms. The van der Waals surface area contributed by atoms with Gasteiger partial charge in [0, 0.05) is 32.3 Å². The molecule has 1 aromatic carbocycles. The van der Waals surface area contributed by atoms with Gasteiger partial charge in [0.25, 0.3) is 0 Å². The third-order valence-electron chi connectivity index (χ3n) is 4.14. The predicted octanol–water partition coefficient (Wildman–Crippen LogP) is 2.59. The normalized spacial score (nSPS) is 13.0. The number of hydrogen-bond donors (Lipinski definition) is 3. The zero-order chi connectivity index (χ0) is 18.8. The van der Waals surface area contributed by atoms with E-state index in [1.54, 1.807) is 7.05 Å². The second-order valence-electron chi connectivity index (χ2n) is 6.41. The summed E-state index contributed by atoms with van der Waals surface area (Å²) in [5, 5.41) is 13.5. The molecule has 0 aliphatic carbocycles. The zero-order valence-electron chi connectivity index (χ0n) is 16.1. The molecule has 2 aromatic rings. The number of aromatic amines is 1. The highest BCUT2D eigenvalue weighted by molar-refractivity contribution is 5.79. The fourth-order valence-corrected chi connectivity index (χ4v) is 2.74. The first kappa shape index (κ1) is 19.9. The molecule has 0 saturated heterocycles. The molecular weight excluding hydrogens is 328 g/mol. The summed E-state index contributed by atoms with van der Waals surface area (Å²) >= 11 is 0. The molecule has 7 heteroatoms. The van der Waals surface area contributed by atoms with Crippen LogP contribution in [0.25, 0.3) is 11.4 Å². The van der Waals surface area contributed by atoms with Crippen molar-refractivity contribution >= 4 is 5.96 Å². The van der Waals surface area contributed by atoms with E-state index in [2.05, 4.69) is 56.8 Å². The lowest BCUT2D eigenvalue weighted by atomic mass is 10.0. The van der Waals surface area contributed by atoms with Crippen molar-refractivity contribution in [2.24, 2.45) is 10.9 Å². The number of rotatable bonds is 9. The molecule has 3 N–H and O–H groups in total. The van der Waals surface area contributed by atoms with Crippen molar-refractivity contribution in [1.82, 2.24) is 25.8 Å². The second-order valence-corrected chi connectivity index (χ2v) is 6.41. The van der Waals surface area contributed by atoms with E-state index in [9.17, 15) is 0 Å². The van der Waals surface area contributed by atoms with Gasteiger partial charge < -0.3 is 15.4 Å². The smallest absolute Gasteiger partial charge is 0.191 e. The largest absolute Gasteiger partial charge is 0.378 e. The van der Waals surface area contributed by atoms with Gasteiger partial charge in [-0.05, 0) is 30.9 Å². The minimum absolute atomic E-state index is 0.268. The van der Waals surface area contributed by atoms with Crippen LogP contribution in [0.3, 0.4) is 0 Å². The monoisotopic (exact) mass is 358 g/mol. The molecule has 0 saturated carbocycles. The predicted molar refractivity (Wildman–Crippen MR) is 105 cm³/mol. The molecule has 1 heterocycles. The topological polar surface area (TPSA) is 87.2 Å². The van der Waals surface area contributed by atoms with Crippen LogP contribution in [0.4, 0.5) is 0 Å². The minimum Gasteiger partial charge on any atom is -0.378 e. The summed E-state index contributed by atoms with van der Waals surface area (Å²) in [6.07, 6.45) is 2.73. The van der Waals surface area contributed by atoms with Gasteiger partial charge in [0.05, 0.1) is 6.10 Å². The maximum absolute atomic E-state index is 5.78. The number of nitrogens with one attached hydrogen (secondary N) is 3. The zero-order valence-corrected chi connectivity index (χ0v) is 16.1. The van der Waals surface area contributed by atoms with Crippen molar-refractivity contribution < 1.29 is 4.74 Å². The lowest BCUT2D eigenvalue weighted by molar-refractivity contribution is 0.0258. The summed E-state index contributed by atoms with van der Waals surface area (Å²) in [5.41, 5.74) is 2.16. The molecule has 0 aliphatic rings. The second kappa shape index (κ2) is 10.6. The quantitative estimate of drug-likeness (QED) is 0.474. The maximum Gasteiger partial charge on any atom is 0.191 e. The first-order valence-corrected chi connectivity index (χ1v) is 9.14. The highest BCUT2D eigenvalue weighted by Gasteiger charge is 2.13. The molecule has 1 atom stereocenters. The van der Waals surface area contributed by atoms with Crippen molar-refractivity contribution in [1.29, 1.82) is 0 Å². The Morgan fingerprint density at radius 3 is 2.81 bits per heavy atom. The summed E-state index contributed by atoms with van der Waals surface area (Å²) in [6.45, 7) is 8.67. The van der Waals surface area contributed by atoms with E-state index in [4.69, 9.17) is 4.74 Å². The summed E-state index contributed by atoms with van der Waals surface area (Å²) in [5.74, 6) is 2.06. The van der Waals surface area contributed by atoms with Gasteiger partial charge in [0.15, 0.2) is 11.8 Å². The van der Waals surface area contributed by atoms with Gasteiger partial charge in [-0.1, -0.05) is 32.0 Å². The molecule has 7 nitrogen and oxygen atoms in total. The molecule has 0 amide bonds. The molecule has 1 aromatic heterocycles. The highest BCUT2D eigenvalue weighted by atomic mass is 16.5. The Kier molecular flexibility index (Phi) is 8.08. The van der Waals surface area contributed by atoms with Crippen LogP contribution >= 0.6 is 0 Å². The number of hydrogen-bond acceptors (Lipinski definition) is 4. The molecule has 142 valence electrons. The van der Waals surface area contributed by atoms with Crippen LogP contribution in [0.5, 0.6) is 0 Å². The number of H-pyrrole nitrogens is 1. The van der Waals surface area contributed by atoms with E-state index in [0.29, 0.717) is 12.5 Å². The van der Waals surface area contributed by atoms with Gasteiger partial charge in [-0.15, -0.1) is 0 Å². The third kappa shape index (κ3) is 6.15. The molecule has 0 fully saturated rings. The molecule has 1 unspecified atom stereocenters. The van der Waals surface area contributed by atoms with Gasteiger partial charge in [0.2, 0.25) is 0 Å². The van der Waals surface area contributed by atoms with Crippen LogP contribution in [-0.2, 0) is 11.3 Å². The number of ether oxygens (including phenoxy) is 1. The Hall–Kier alpha value is -2.41. The fourth-order valence-electron chi connectivity index (χ4n) is 2.74. The lowest BCUT2D eigenvalue weighted by Crippen LogP contribution is -2.38. The van der Waals surface area contributed by atoms with Crippen LogP contribution in [0.2, 0.25) is 0 Å². The number of aromatic nitrogens is 3. The fraction of sp³-hybridized carbons (Fsp3) is 0.526. The molecule has 0 radical (unpaired) electrons. The van der Waals surface area contributed by atoms with Gasteiger partial charge in [-0.25, -0.2) is 4.98 Å². The van der Waals surface area contributed by atoms with Gasteiger partial charge >= 0.3 is 0 Å². The number of nitrogens with zero attached hydrogens (tertiary/aromatic N) is 3. The number of aliphatic imine (C=N–C) groups is 1. The average Bonchev–Trinajstić information content (AvgIpc) is 3.18. The minimum atomic E-state index is 0.268. The molecule has 0 spiro atoms. The van der Waals surface area contributed by atoms with Crippen molar-refractivity contribution in [3.8, 4) is 11.4 Å². The summed E-state index contributed by atoms with van der Waals surface area (Å²) in [4.78, 5) is 8.48. The van der Waals surface area contributed by atoms with Crippen LogP contribution in [-0.4, -0.2) is 47.4 Å². The van der Waals surface area contributed by atoms with Crippen LogP contribution in [0.1, 0.15) is 32.8 Å². The van der Waals surface area contributed by atoms with Crippen LogP contribution in [0, 0.1) is 5.92 Å². The Bertz CT molecular complexity index is 668. The van der Waals surface area contributed by atoms with Crippen LogP contribution in [0.15, 0.2) is 35.6 Å². The summed E-state index contributed by atoms with van der Waals surface area (Å²) < 4.78 is 5.78. The van der Waals surface area contributed by atoms with Crippen LogP contribution < -0.4 is 10.6 Å². The summed E-state index contributed by atoms with van der Waals surface area (Å²) in [7, 11) is 1.78. The van der Waals surface area contributed by atoms with Crippen molar-refractivity contribution in [2.75, 3.05) is 20.2 Å². The maximum atomic E-state index is 5.78. The van der Waals surface area contributed by atoms with E-state index in [1.165, 1.54) is 6.33 Å². The van der Waals surface area contributed by atoms with E-state index < -0.39 is 0 Å². The third-order valence-corrected chi connectivity index (χ3v) is 4.14. The lowest BCUT2D eigenvalue weighted by Gasteiger charge is -2.21. The standard InChI is InChI=1S/C19H30N6O/c1-5-26-17(14(2)3)9-10-21-19(20-4)22-12-15-7-6-8-16(11-15)18-23-13-24-25-18/h6-8,11,13-14,17H,5,9-10,12H2,1-4H3,(H2,20,21,22)(H,23,24,25). The van der Waals surface area contributed by atoms with E-state index >= 15 is 0 Å². The summed E-state index contributed by atoms with van der Waals surface area (Å²) in [6, 6.07) is 8.19. The molecule has 0 bridgehead atoms. The van der Waals surface area contributed by atoms with Gasteiger partial charge in [-0.2, -0.15) is 5.10 Å². The highest BCUT2D eigenvalue weighted by Crippen LogP contribution is 2.15. The van der Waals surface area contributed by atoms with E-state index in [-0.39, 0.29) is 6.10 Å². The SMILES string of the molecule is CCOC(CCNC(=NC)NCc1cccc(-c2ncn[nH]2)c1)C(C)C. The van der Waals surface area contributed by atoms with E-state index in [0.717, 1.165) is 42.5 Å². The van der Waals surface area contributed by atoms with Crippen molar-refractivity contribution in [2.45, 2.75) is 39.8 Å².